The van der Waals surface area contributed by atoms with Crippen LogP contribution in [-0.2, 0) is 6.42 Å². The lowest BCUT2D eigenvalue weighted by molar-refractivity contribution is 0.0976. The molecule has 0 saturated heterocycles. The lowest BCUT2D eigenvalue weighted by atomic mass is 10.0. The maximum atomic E-state index is 12.6. The second-order valence-electron chi connectivity index (χ2n) is 4.90. The van der Waals surface area contributed by atoms with Gasteiger partial charge in [0, 0.05) is 17.8 Å². The Morgan fingerprint density at radius 2 is 2.11 bits per heavy atom. The highest BCUT2D eigenvalue weighted by Gasteiger charge is 2.27. The second kappa shape index (κ2) is 4.53. The van der Waals surface area contributed by atoms with Crippen LogP contribution >= 0.6 is 0 Å². The van der Waals surface area contributed by atoms with Gasteiger partial charge in [-0.25, -0.2) is 0 Å². The van der Waals surface area contributed by atoms with Crippen molar-refractivity contribution in [2.24, 2.45) is 0 Å². The fourth-order valence-electron chi connectivity index (χ4n) is 2.49. The van der Waals surface area contributed by atoms with E-state index in [9.17, 15) is 4.79 Å². The van der Waals surface area contributed by atoms with Gasteiger partial charge in [0.1, 0.15) is 5.76 Å². The second-order valence-corrected chi connectivity index (χ2v) is 4.90. The molecule has 1 aliphatic rings. The molecular formula is C15H16N2O2. The van der Waals surface area contributed by atoms with Crippen LogP contribution in [0.5, 0.6) is 0 Å². The van der Waals surface area contributed by atoms with Crippen LogP contribution in [0.25, 0.3) is 0 Å². The molecule has 0 atom stereocenters. The topological polar surface area (TPSA) is 46.3 Å². The summed E-state index contributed by atoms with van der Waals surface area (Å²) in [4.78, 5) is 14.4. The largest absolute Gasteiger partial charge is 0.361 e. The average molecular weight is 256 g/mol. The Morgan fingerprint density at radius 3 is 2.84 bits per heavy atom. The number of para-hydroxylation sites is 1. The van der Waals surface area contributed by atoms with Gasteiger partial charge in [0.2, 0.25) is 0 Å². The van der Waals surface area contributed by atoms with Gasteiger partial charge >= 0.3 is 0 Å². The van der Waals surface area contributed by atoms with Gasteiger partial charge in [-0.1, -0.05) is 23.4 Å². The third-order valence-electron chi connectivity index (χ3n) is 3.72. The van der Waals surface area contributed by atoms with E-state index >= 15 is 0 Å². The fraction of sp³-hybridized carbons (Fsp3) is 0.333. The van der Waals surface area contributed by atoms with Crippen molar-refractivity contribution in [3.8, 4) is 0 Å². The molecule has 0 N–H and O–H groups in total. The Bertz CT molecular complexity index is 631. The molecular weight excluding hydrogens is 240 g/mol. The molecule has 0 aliphatic carbocycles. The molecule has 4 heteroatoms. The highest BCUT2D eigenvalue weighted by molar-refractivity contribution is 6.06. The minimum absolute atomic E-state index is 0.0681. The monoisotopic (exact) mass is 256 g/mol. The fourth-order valence-corrected chi connectivity index (χ4v) is 2.49. The first-order valence-electron chi connectivity index (χ1n) is 6.51. The normalized spacial score (nSPS) is 14.3. The molecule has 1 aliphatic heterocycles. The maximum Gasteiger partial charge on any atom is 0.280 e. The minimum Gasteiger partial charge on any atom is -0.361 e. The number of nitrogens with zero attached hydrogens (tertiary/aromatic N) is 2. The summed E-state index contributed by atoms with van der Waals surface area (Å²) in [5.41, 5.74) is 3.47. The summed E-state index contributed by atoms with van der Waals surface area (Å²) >= 11 is 0. The molecule has 0 saturated carbocycles. The molecule has 4 nitrogen and oxygen atoms in total. The van der Waals surface area contributed by atoms with Crippen LogP contribution in [0.3, 0.4) is 0 Å². The summed E-state index contributed by atoms with van der Waals surface area (Å²) in [5, 5.41) is 3.90. The summed E-state index contributed by atoms with van der Waals surface area (Å²) in [6.45, 7) is 4.43. The number of aryl methyl sites for hydroxylation is 2. The first-order valence-corrected chi connectivity index (χ1v) is 6.51. The molecule has 0 unspecified atom stereocenters. The molecule has 0 fully saturated rings. The maximum absolute atomic E-state index is 12.6. The van der Waals surface area contributed by atoms with E-state index in [0.29, 0.717) is 11.5 Å². The summed E-state index contributed by atoms with van der Waals surface area (Å²) < 4.78 is 5.10. The van der Waals surface area contributed by atoms with Crippen LogP contribution in [-0.4, -0.2) is 17.6 Å². The van der Waals surface area contributed by atoms with E-state index < -0.39 is 0 Å². The van der Waals surface area contributed by atoms with E-state index in [2.05, 4.69) is 11.2 Å². The van der Waals surface area contributed by atoms with Gasteiger partial charge in [0.15, 0.2) is 5.69 Å². The number of carbonyl (C=O) groups is 1. The number of fused-ring (bicyclic) bond motifs is 1. The molecule has 0 radical (unpaired) electrons. The Balaban J connectivity index is 2.00. The van der Waals surface area contributed by atoms with Crippen molar-refractivity contribution in [3.63, 3.8) is 0 Å². The van der Waals surface area contributed by atoms with Crippen LogP contribution in [0.2, 0.25) is 0 Å². The Kier molecular flexibility index (Phi) is 2.85. The highest BCUT2D eigenvalue weighted by atomic mass is 16.5. The van der Waals surface area contributed by atoms with E-state index in [1.54, 1.807) is 0 Å². The number of carbonyl (C=O) groups excluding carboxylic acids is 1. The smallest absolute Gasteiger partial charge is 0.280 e. The zero-order valence-electron chi connectivity index (χ0n) is 11.1. The number of aromatic nitrogens is 1. The summed E-state index contributed by atoms with van der Waals surface area (Å²) in [5.74, 6) is 0.634. The van der Waals surface area contributed by atoms with Crippen LogP contribution < -0.4 is 4.90 Å². The molecule has 19 heavy (non-hydrogen) atoms. The molecule has 1 amide bonds. The van der Waals surface area contributed by atoms with Crippen molar-refractivity contribution in [1.29, 1.82) is 0 Å². The first kappa shape index (κ1) is 12.0. The van der Waals surface area contributed by atoms with E-state index in [1.165, 1.54) is 5.56 Å². The first-order chi connectivity index (χ1) is 9.18. The lowest BCUT2D eigenvalue weighted by Crippen LogP contribution is -2.36. The third-order valence-corrected chi connectivity index (χ3v) is 3.72. The van der Waals surface area contributed by atoms with Gasteiger partial charge in [-0.3, -0.25) is 4.79 Å². The Labute approximate surface area is 112 Å². The van der Waals surface area contributed by atoms with Gasteiger partial charge in [0.05, 0.1) is 0 Å². The molecule has 0 spiro atoms. The molecule has 0 bridgehead atoms. The van der Waals surface area contributed by atoms with Crippen molar-refractivity contribution < 1.29 is 9.32 Å². The minimum atomic E-state index is -0.0681. The number of benzene rings is 1. The van der Waals surface area contributed by atoms with Gasteiger partial charge < -0.3 is 9.42 Å². The predicted octanol–water partition coefficient (Wildman–Crippen LogP) is 2.88. The summed E-state index contributed by atoms with van der Waals surface area (Å²) in [6, 6.07) is 8.05. The quantitative estimate of drug-likeness (QED) is 0.788. The van der Waals surface area contributed by atoms with E-state index in [-0.39, 0.29) is 5.91 Å². The molecule has 2 heterocycles. The van der Waals surface area contributed by atoms with Crippen LogP contribution in [0.4, 0.5) is 5.69 Å². The zero-order valence-corrected chi connectivity index (χ0v) is 11.1. The van der Waals surface area contributed by atoms with E-state index in [1.807, 2.05) is 36.9 Å². The van der Waals surface area contributed by atoms with Crippen molar-refractivity contribution >= 4 is 11.6 Å². The summed E-state index contributed by atoms with van der Waals surface area (Å²) in [6.07, 6.45) is 2.01. The van der Waals surface area contributed by atoms with Crippen molar-refractivity contribution in [2.45, 2.75) is 26.7 Å². The zero-order chi connectivity index (χ0) is 13.4. The van der Waals surface area contributed by atoms with Crippen molar-refractivity contribution in [3.05, 3.63) is 46.8 Å². The number of hydrogen-bond acceptors (Lipinski definition) is 3. The Morgan fingerprint density at radius 1 is 1.32 bits per heavy atom. The molecule has 3 rings (SSSR count). The number of hydrogen-bond donors (Lipinski definition) is 0. The van der Waals surface area contributed by atoms with E-state index in [0.717, 1.165) is 30.6 Å². The summed E-state index contributed by atoms with van der Waals surface area (Å²) in [7, 11) is 0. The molecule has 2 aromatic rings. The van der Waals surface area contributed by atoms with Crippen molar-refractivity contribution in [2.75, 3.05) is 11.4 Å². The van der Waals surface area contributed by atoms with Crippen molar-refractivity contribution in [1.82, 2.24) is 5.16 Å². The van der Waals surface area contributed by atoms with Gasteiger partial charge in [0.25, 0.3) is 5.91 Å². The van der Waals surface area contributed by atoms with E-state index in [4.69, 9.17) is 4.52 Å². The number of amides is 1. The Hall–Kier alpha value is -2.10. The van der Waals surface area contributed by atoms with Crippen LogP contribution in [0.1, 0.15) is 33.8 Å². The van der Waals surface area contributed by atoms with Crippen LogP contribution in [0.15, 0.2) is 28.8 Å². The van der Waals surface area contributed by atoms with Crippen LogP contribution in [0, 0.1) is 13.8 Å². The third kappa shape index (κ3) is 1.93. The highest BCUT2D eigenvalue weighted by Crippen LogP contribution is 2.28. The number of anilines is 1. The number of rotatable bonds is 1. The van der Waals surface area contributed by atoms with Gasteiger partial charge in [-0.2, -0.15) is 0 Å². The molecule has 1 aromatic heterocycles. The van der Waals surface area contributed by atoms with Gasteiger partial charge in [-0.05, 0) is 38.3 Å². The SMILES string of the molecule is Cc1onc(C(=O)N2CCCc3ccccc32)c1C. The lowest BCUT2D eigenvalue weighted by Gasteiger charge is -2.28. The molecule has 98 valence electrons. The molecule has 1 aromatic carbocycles. The predicted molar refractivity (Wildman–Crippen MR) is 72.4 cm³/mol. The van der Waals surface area contributed by atoms with Gasteiger partial charge in [-0.15, -0.1) is 0 Å². The average Bonchev–Trinajstić information content (AvgIpc) is 2.78. The standard InChI is InChI=1S/C15H16N2O2/c1-10-11(2)19-16-14(10)15(18)17-9-5-7-12-6-3-4-8-13(12)17/h3-4,6,8H,5,7,9H2,1-2H3.